The summed E-state index contributed by atoms with van der Waals surface area (Å²) in [5.74, 6) is -0.746. The van der Waals surface area contributed by atoms with Crippen LogP contribution in [0.25, 0.3) is 0 Å². The summed E-state index contributed by atoms with van der Waals surface area (Å²) in [6, 6.07) is 11.6. The van der Waals surface area contributed by atoms with Crippen molar-refractivity contribution in [1.82, 2.24) is 5.32 Å². The monoisotopic (exact) mass is 408 g/mol. The summed E-state index contributed by atoms with van der Waals surface area (Å²) in [5.41, 5.74) is 1.19. The molecule has 1 N–H and O–H groups in total. The van der Waals surface area contributed by atoms with Gasteiger partial charge in [0.2, 0.25) is 0 Å². The van der Waals surface area contributed by atoms with Gasteiger partial charge in [-0.05, 0) is 23.8 Å². The van der Waals surface area contributed by atoms with Crippen molar-refractivity contribution >= 4 is 28.1 Å². The van der Waals surface area contributed by atoms with Crippen LogP contribution in [0.4, 0.5) is 18.9 Å². The fraction of sp³-hybridized carbons (Fsp3) is 0.250. The Morgan fingerprint density at radius 3 is 2.42 bits per heavy atom. The first-order valence-electron chi connectivity index (χ1n) is 7.45. The van der Waals surface area contributed by atoms with E-state index < -0.39 is 27.0 Å². The van der Waals surface area contributed by atoms with E-state index in [4.69, 9.17) is 0 Å². The molecule has 0 amide bonds. The SMILES string of the molecule is Cl.O=S(=O)(c1ccccc1OC(F)(F)F)N1CCNCc2ccccc21. The third-order valence-electron chi connectivity index (χ3n) is 3.71. The molecule has 0 bridgehead atoms. The van der Waals surface area contributed by atoms with E-state index in [1.165, 1.54) is 12.1 Å². The van der Waals surface area contributed by atoms with Crippen LogP contribution >= 0.6 is 12.4 Å². The molecule has 0 radical (unpaired) electrons. The normalized spacial score (nSPS) is 14.8. The Morgan fingerprint density at radius 2 is 1.69 bits per heavy atom. The van der Waals surface area contributed by atoms with Crippen LogP contribution in [0.3, 0.4) is 0 Å². The van der Waals surface area contributed by atoms with Crippen molar-refractivity contribution in [1.29, 1.82) is 0 Å². The Bertz CT molecular complexity index is 875. The minimum Gasteiger partial charge on any atom is -0.404 e. The molecule has 5 nitrogen and oxygen atoms in total. The molecule has 0 aliphatic carbocycles. The van der Waals surface area contributed by atoms with Gasteiger partial charge in [-0.25, -0.2) is 8.42 Å². The Balaban J connectivity index is 0.00000243. The first-order chi connectivity index (χ1) is 11.8. The van der Waals surface area contributed by atoms with Gasteiger partial charge in [-0.2, -0.15) is 0 Å². The molecule has 1 heterocycles. The molecular formula is C16H16ClF3N2O3S. The van der Waals surface area contributed by atoms with Crippen LogP contribution in [-0.2, 0) is 16.6 Å². The van der Waals surface area contributed by atoms with Crippen LogP contribution in [0.5, 0.6) is 5.75 Å². The predicted molar refractivity (Wildman–Crippen MR) is 93.1 cm³/mol. The molecule has 0 saturated heterocycles. The van der Waals surface area contributed by atoms with E-state index in [0.717, 1.165) is 22.0 Å². The summed E-state index contributed by atoms with van der Waals surface area (Å²) < 4.78 is 69.0. The van der Waals surface area contributed by atoms with Crippen LogP contribution in [0, 0.1) is 0 Å². The average molecular weight is 409 g/mol. The molecule has 2 aromatic rings. The number of nitrogens with zero attached hydrogens (tertiary/aromatic N) is 1. The van der Waals surface area contributed by atoms with Crippen molar-refractivity contribution in [2.75, 3.05) is 17.4 Å². The second kappa shape index (κ2) is 7.73. The largest absolute Gasteiger partial charge is 0.573 e. The summed E-state index contributed by atoms with van der Waals surface area (Å²) in [4.78, 5) is -0.524. The lowest BCUT2D eigenvalue weighted by molar-refractivity contribution is -0.275. The van der Waals surface area contributed by atoms with Crippen molar-refractivity contribution in [3.8, 4) is 5.75 Å². The van der Waals surface area contributed by atoms with E-state index in [2.05, 4.69) is 10.1 Å². The van der Waals surface area contributed by atoms with E-state index in [1.54, 1.807) is 24.3 Å². The molecule has 0 spiro atoms. The first kappa shape index (κ1) is 20.3. The molecule has 3 rings (SSSR count). The van der Waals surface area contributed by atoms with Crippen LogP contribution in [0.2, 0.25) is 0 Å². The Kier molecular flexibility index (Phi) is 6.05. The molecule has 1 aliphatic heterocycles. The lowest BCUT2D eigenvalue weighted by Gasteiger charge is -2.25. The zero-order valence-corrected chi connectivity index (χ0v) is 15.0. The Hall–Kier alpha value is -1.97. The highest BCUT2D eigenvalue weighted by Gasteiger charge is 2.36. The standard InChI is InChI=1S/C16H15F3N2O3S.ClH/c17-16(18,19)24-14-7-3-4-8-15(14)25(22,23)21-10-9-20-11-12-5-1-2-6-13(12)21;/h1-8,20H,9-11H2;1H. The van der Waals surface area contributed by atoms with E-state index in [9.17, 15) is 21.6 Å². The molecule has 0 aromatic heterocycles. The fourth-order valence-corrected chi connectivity index (χ4v) is 4.29. The van der Waals surface area contributed by atoms with Crippen molar-refractivity contribution in [3.05, 3.63) is 54.1 Å². The smallest absolute Gasteiger partial charge is 0.404 e. The Labute approximate surface area is 155 Å². The third kappa shape index (κ3) is 4.22. The number of hydrogen-bond acceptors (Lipinski definition) is 4. The predicted octanol–water partition coefficient (Wildman–Crippen LogP) is 3.31. The number of hydrogen-bond donors (Lipinski definition) is 1. The molecule has 0 atom stereocenters. The maximum atomic E-state index is 13.1. The molecular weight excluding hydrogens is 393 g/mol. The van der Waals surface area contributed by atoms with Crippen LogP contribution in [0.15, 0.2) is 53.4 Å². The summed E-state index contributed by atoms with van der Waals surface area (Å²) in [5, 5.41) is 3.09. The van der Waals surface area contributed by atoms with E-state index in [0.29, 0.717) is 18.8 Å². The molecule has 0 fully saturated rings. The van der Waals surface area contributed by atoms with Gasteiger partial charge < -0.3 is 10.1 Å². The number of ether oxygens (including phenoxy) is 1. The highest BCUT2D eigenvalue weighted by molar-refractivity contribution is 7.93. The zero-order valence-electron chi connectivity index (χ0n) is 13.4. The van der Waals surface area contributed by atoms with Gasteiger partial charge in [-0.15, -0.1) is 25.6 Å². The van der Waals surface area contributed by atoms with E-state index in [-0.39, 0.29) is 19.0 Å². The summed E-state index contributed by atoms with van der Waals surface area (Å²) in [6.07, 6.45) is -4.98. The molecule has 2 aromatic carbocycles. The fourth-order valence-electron chi connectivity index (χ4n) is 2.67. The minimum atomic E-state index is -4.98. The molecule has 142 valence electrons. The molecule has 1 aliphatic rings. The van der Waals surface area contributed by atoms with Gasteiger partial charge in [0.25, 0.3) is 10.0 Å². The number of alkyl halides is 3. The molecule has 10 heteroatoms. The van der Waals surface area contributed by atoms with Gasteiger partial charge in [-0.1, -0.05) is 30.3 Å². The Morgan fingerprint density at radius 1 is 1.04 bits per heavy atom. The van der Waals surface area contributed by atoms with E-state index >= 15 is 0 Å². The van der Waals surface area contributed by atoms with Gasteiger partial charge in [-0.3, -0.25) is 4.31 Å². The van der Waals surface area contributed by atoms with Crippen LogP contribution in [-0.4, -0.2) is 27.9 Å². The first-order valence-corrected chi connectivity index (χ1v) is 8.89. The summed E-state index contributed by atoms with van der Waals surface area (Å²) >= 11 is 0. The van der Waals surface area contributed by atoms with Crippen molar-refractivity contribution in [2.45, 2.75) is 17.8 Å². The number of sulfonamides is 1. The van der Waals surface area contributed by atoms with Gasteiger partial charge in [0.15, 0.2) is 0 Å². The van der Waals surface area contributed by atoms with E-state index in [1.807, 2.05) is 0 Å². The highest BCUT2D eigenvalue weighted by atomic mass is 35.5. The number of halogens is 4. The summed E-state index contributed by atoms with van der Waals surface area (Å²) in [7, 11) is -4.23. The quantitative estimate of drug-likeness (QED) is 0.846. The van der Waals surface area contributed by atoms with Gasteiger partial charge in [0, 0.05) is 19.6 Å². The average Bonchev–Trinajstić information content (AvgIpc) is 2.76. The topological polar surface area (TPSA) is 58.6 Å². The van der Waals surface area contributed by atoms with Crippen LogP contribution < -0.4 is 14.4 Å². The van der Waals surface area contributed by atoms with Crippen LogP contribution in [0.1, 0.15) is 5.56 Å². The third-order valence-corrected chi connectivity index (χ3v) is 5.56. The van der Waals surface area contributed by atoms with Gasteiger partial charge in [0.05, 0.1) is 5.69 Å². The summed E-state index contributed by atoms with van der Waals surface area (Å²) in [6.45, 7) is 0.943. The van der Waals surface area contributed by atoms with Gasteiger partial charge >= 0.3 is 6.36 Å². The van der Waals surface area contributed by atoms with Crippen molar-refractivity contribution in [3.63, 3.8) is 0 Å². The zero-order chi connectivity index (χ0) is 18.1. The maximum Gasteiger partial charge on any atom is 0.573 e. The number of fused-ring (bicyclic) bond motifs is 1. The number of rotatable bonds is 3. The lowest BCUT2D eigenvalue weighted by atomic mass is 10.2. The molecule has 26 heavy (non-hydrogen) atoms. The second-order valence-electron chi connectivity index (χ2n) is 5.38. The molecule has 0 saturated carbocycles. The number of para-hydroxylation sites is 2. The highest BCUT2D eigenvalue weighted by Crippen LogP contribution is 2.34. The molecule has 0 unspecified atom stereocenters. The van der Waals surface area contributed by atoms with Gasteiger partial charge in [0.1, 0.15) is 10.6 Å². The second-order valence-corrected chi connectivity index (χ2v) is 7.21. The minimum absolute atomic E-state index is 0. The lowest BCUT2D eigenvalue weighted by Crippen LogP contribution is -2.35. The van der Waals surface area contributed by atoms with Crippen molar-refractivity contribution in [2.24, 2.45) is 0 Å². The van der Waals surface area contributed by atoms with Crippen molar-refractivity contribution < 1.29 is 26.3 Å². The number of benzene rings is 2. The maximum absolute atomic E-state index is 13.1. The number of anilines is 1. The number of nitrogens with one attached hydrogen (secondary N) is 1.